The van der Waals surface area contributed by atoms with Gasteiger partial charge in [-0.15, -0.1) is 0 Å². The van der Waals surface area contributed by atoms with Crippen LogP contribution in [0.15, 0.2) is 54.9 Å². The third kappa shape index (κ3) is 3.14. The van der Waals surface area contributed by atoms with E-state index in [0.717, 1.165) is 17.0 Å². The summed E-state index contributed by atoms with van der Waals surface area (Å²) in [4.78, 5) is 4.04. The van der Waals surface area contributed by atoms with Crippen molar-refractivity contribution >= 4 is 0 Å². The number of nitrogens with zero attached hydrogens (tertiary/aromatic N) is 3. The second kappa shape index (κ2) is 6.28. The molecule has 21 heavy (non-hydrogen) atoms. The zero-order valence-corrected chi connectivity index (χ0v) is 11.8. The summed E-state index contributed by atoms with van der Waals surface area (Å²) in [5.41, 5.74) is 4.08. The Hall–Kier alpha value is -2.53. The highest BCUT2D eigenvalue weighted by Gasteiger charge is 2.11. The molecular weight excluding hydrogens is 262 g/mol. The monoisotopic (exact) mass is 279 g/mol. The van der Waals surface area contributed by atoms with Gasteiger partial charge in [0.15, 0.2) is 0 Å². The maximum absolute atomic E-state index is 4.25. The highest BCUT2D eigenvalue weighted by Crippen LogP contribution is 2.19. The van der Waals surface area contributed by atoms with Gasteiger partial charge in [-0.25, -0.2) is 0 Å². The molecule has 5 nitrogen and oxygen atoms in total. The molecule has 0 saturated carbocycles. The number of benzene rings is 1. The summed E-state index contributed by atoms with van der Waals surface area (Å²) >= 11 is 0. The van der Waals surface area contributed by atoms with Crippen LogP contribution in [0.1, 0.15) is 24.2 Å². The molecule has 1 atom stereocenters. The van der Waals surface area contributed by atoms with E-state index < -0.39 is 0 Å². The number of rotatable bonds is 5. The number of nitrogens with one attached hydrogen (secondary N) is 2. The largest absolute Gasteiger partial charge is 0.304 e. The van der Waals surface area contributed by atoms with E-state index in [-0.39, 0.29) is 6.04 Å². The van der Waals surface area contributed by atoms with Crippen LogP contribution in [0.2, 0.25) is 0 Å². The van der Waals surface area contributed by atoms with Crippen LogP contribution in [0.4, 0.5) is 0 Å². The molecule has 2 aromatic heterocycles. The zero-order chi connectivity index (χ0) is 14.5. The van der Waals surface area contributed by atoms with Gasteiger partial charge in [0, 0.05) is 30.5 Å². The Morgan fingerprint density at radius 1 is 1.05 bits per heavy atom. The molecule has 3 aromatic rings. The summed E-state index contributed by atoms with van der Waals surface area (Å²) in [6, 6.07) is 14.3. The highest BCUT2D eigenvalue weighted by atomic mass is 15.3. The Balaban J connectivity index is 1.71. The average Bonchev–Trinajstić information content (AvgIpc) is 3.03. The Bertz CT molecular complexity index is 678. The minimum atomic E-state index is 0.230. The van der Waals surface area contributed by atoms with Gasteiger partial charge in [0.05, 0.1) is 0 Å². The molecule has 5 heteroatoms. The molecule has 2 N–H and O–H groups in total. The van der Waals surface area contributed by atoms with Crippen molar-refractivity contribution in [2.24, 2.45) is 0 Å². The van der Waals surface area contributed by atoms with Crippen LogP contribution in [-0.2, 0) is 6.54 Å². The van der Waals surface area contributed by atoms with Gasteiger partial charge >= 0.3 is 0 Å². The van der Waals surface area contributed by atoms with E-state index in [0.29, 0.717) is 6.54 Å². The normalized spacial score (nSPS) is 12.2. The van der Waals surface area contributed by atoms with Gasteiger partial charge in [0.2, 0.25) is 0 Å². The molecule has 0 unspecified atom stereocenters. The number of pyridine rings is 1. The smallest absolute Gasteiger partial charge is 0.117 e. The lowest BCUT2D eigenvalue weighted by Crippen LogP contribution is -2.18. The SMILES string of the molecule is C[C@H](NCc1n[nH]nc1-c1ccccc1)c1ccncc1. The quantitative estimate of drug-likeness (QED) is 0.753. The van der Waals surface area contributed by atoms with E-state index in [9.17, 15) is 0 Å². The Morgan fingerprint density at radius 2 is 1.81 bits per heavy atom. The lowest BCUT2D eigenvalue weighted by Gasteiger charge is -2.13. The van der Waals surface area contributed by atoms with E-state index in [1.54, 1.807) is 12.4 Å². The molecule has 0 fully saturated rings. The third-order valence-electron chi connectivity index (χ3n) is 3.45. The van der Waals surface area contributed by atoms with Crippen molar-refractivity contribution in [3.8, 4) is 11.3 Å². The van der Waals surface area contributed by atoms with Gasteiger partial charge in [0.1, 0.15) is 11.4 Å². The van der Waals surface area contributed by atoms with Gasteiger partial charge in [0.25, 0.3) is 0 Å². The minimum absolute atomic E-state index is 0.230. The van der Waals surface area contributed by atoms with Gasteiger partial charge in [-0.1, -0.05) is 30.3 Å². The summed E-state index contributed by atoms with van der Waals surface area (Å²) in [5.74, 6) is 0. The second-order valence-corrected chi connectivity index (χ2v) is 4.87. The van der Waals surface area contributed by atoms with Gasteiger partial charge in [-0.05, 0) is 24.6 Å². The molecule has 3 rings (SSSR count). The standard InChI is InChI=1S/C16H17N5/c1-12(13-7-9-17-10-8-13)18-11-15-16(20-21-19-15)14-5-3-2-4-6-14/h2-10,12,18H,11H2,1H3,(H,19,20,21)/t12-/m0/s1. The molecule has 0 spiro atoms. The van der Waals surface area contributed by atoms with Gasteiger partial charge in [-0.3, -0.25) is 4.98 Å². The van der Waals surface area contributed by atoms with Crippen LogP contribution < -0.4 is 5.32 Å². The van der Waals surface area contributed by atoms with Crippen molar-refractivity contribution in [2.45, 2.75) is 19.5 Å². The van der Waals surface area contributed by atoms with Crippen LogP contribution in [0, 0.1) is 0 Å². The van der Waals surface area contributed by atoms with Crippen molar-refractivity contribution in [3.63, 3.8) is 0 Å². The van der Waals surface area contributed by atoms with Crippen LogP contribution in [0.5, 0.6) is 0 Å². The molecule has 1 aromatic carbocycles. The Morgan fingerprint density at radius 3 is 2.57 bits per heavy atom. The van der Waals surface area contributed by atoms with Crippen molar-refractivity contribution in [1.29, 1.82) is 0 Å². The van der Waals surface area contributed by atoms with E-state index in [1.165, 1.54) is 5.56 Å². The van der Waals surface area contributed by atoms with E-state index in [2.05, 4.69) is 32.6 Å². The molecule has 0 amide bonds. The first-order valence-corrected chi connectivity index (χ1v) is 6.93. The molecule has 0 saturated heterocycles. The van der Waals surface area contributed by atoms with Crippen molar-refractivity contribution < 1.29 is 0 Å². The number of aromatic amines is 1. The van der Waals surface area contributed by atoms with Crippen LogP contribution in [0.3, 0.4) is 0 Å². The summed E-state index contributed by atoms with van der Waals surface area (Å²) in [7, 11) is 0. The number of hydrogen-bond acceptors (Lipinski definition) is 4. The van der Waals surface area contributed by atoms with Crippen molar-refractivity contribution in [1.82, 2.24) is 25.7 Å². The summed E-state index contributed by atoms with van der Waals surface area (Å²) < 4.78 is 0. The lowest BCUT2D eigenvalue weighted by molar-refractivity contribution is 0.567. The first-order chi connectivity index (χ1) is 10.3. The molecule has 0 aliphatic rings. The molecule has 0 aliphatic heterocycles. The molecule has 0 aliphatic carbocycles. The average molecular weight is 279 g/mol. The molecule has 0 radical (unpaired) electrons. The van der Waals surface area contributed by atoms with Crippen LogP contribution in [0.25, 0.3) is 11.3 Å². The highest BCUT2D eigenvalue weighted by molar-refractivity contribution is 5.60. The topological polar surface area (TPSA) is 66.5 Å². The van der Waals surface area contributed by atoms with E-state index in [1.807, 2.05) is 42.5 Å². The van der Waals surface area contributed by atoms with E-state index in [4.69, 9.17) is 0 Å². The fourth-order valence-corrected chi connectivity index (χ4v) is 2.22. The predicted octanol–water partition coefficient (Wildman–Crippen LogP) is 2.72. The van der Waals surface area contributed by atoms with Crippen LogP contribution >= 0.6 is 0 Å². The summed E-state index contributed by atoms with van der Waals surface area (Å²) in [6.07, 6.45) is 3.61. The number of hydrogen-bond donors (Lipinski definition) is 2. The molecule has 106 valence electrons. The summed E-state index contributed by atoms with van der Waals surface area (Å²) in [6.45, 7) is 2.78. The summed E-state index contributed by atoms with van der Waals surface area (Å²) in [5, 5.41) is 14.7. The third-order valence-corrected chi connectivity index (χ3v) is 3.45. The lowest BCUT2D eigenvalue weighted by atomic mass is 10.1. The maximum atomic E-state index is 4.25. The van der Waals surface area contributed by atoms with Gasteiger partial charge < -0.3 is 5.32 Å². The van der Waals surface area contributed by atoms with Crippen molar-refractivity contribution in [3.05, 3.63) is 66.1 Å². The number of aromatic nitrogens is 4. The molecular formula is C16H17N5. The van der Waals surface area contributed by atoms with Crippen LogP contribution in [-0.4, -0.2) is 20.4 Å². The fraction of sp³-hybridized carbons (Fsp3) is 0.188. The van der Waals surface area contributed by atoms with Gasteiger partial charge in [-0.2, -0.15) is 15.4 Å². The predicted molar refractivity (Wildman–Crippen MR) is 81.3 cm³/mol. The first-order valence-electron chi connectivity index (χ1n) is 6.93. The fourth-order valence-electron chi connectivity index (χ4n) is 2.22. The molecule has 0 bridgehead atoms. The van der Waals surface area contributed by atoms with Crippen molar-refractivity contribution in [2.75, 3.05) is 0 Å². The number of H-pyrrole nitrogens is 1. The minimum Gasteiger partial charge on any atom is -0.304 e. The molecule has 2 heterocycles. The first kappa shape index (κ1) is 13.5. The Kier molecular flexibility index (Phi) is 4.02. The zero-order valence-electron chi connectivity index (χ0n) is 11.8. The maximum Gasteiger partial charge on any atom is 0.117 e. The van der Waals surface area contributed by atoms with E-state index >= 15 is 0 Å². The second-order valence-electron chi connectivity index (χ2n) is 4.87. The Labute approximate surface area is 123 Å².